The number of H-pyrrole nitrogens is 1. The van der Waals surface area contributed by atoms with Crippen molar-refractivity contribution in [2.75, 3.05) is 12.9 Å². The van der Waals surface area contributed by atoms with Crippen LogP contribution in [-0.4, -0.2) is 28.8 Å². The number of hydrogen-bond donors (Lipinski definition) is 1. The van der Waals surface area contributed by atoms with Crippen LogP contribution in [0.1, 0.15) is 35.3 Å². The Morgan fingerprint density at radius 3 is 3.00 bits per heavy atom. The summed E-state index contributed by atoms with van der Waals surface area (Å²) in [5, 5.41) is 1.16. The number of aromatic nitrogens is 2. The molecule has 1 aromatic carbocycles. The van der Waals surface area contributed by atoms with Gasteiger partial charge in [-0.25, -0.2) is 4.98 Å². The number of ether oxygens (including phenoxy) is 1. The summed E-state index contributed by atoms with van der Waals surface area (Å²) in [5.74, 6) is 0.694. The van der Waals surface area contributed by atoms with Gasteiger partial charge in [-0.1, -0.05) is 18.2 Å². The lowest BCUT2D eigenvalue weighted by molar-refractivity contribution is -0.143. The van der Waals surface area contributed by atoms with Crippen LogP contribution in [0.5, 0.6) is 0 Å². The number of nitrogens with zero attached hydrogens (tertiary/aromatic N) is 1. The number of aromatic amines is 1. The lowest BCUT2D eigenvalue weighted by Gasteiger charge is -2.14. The lowest BCUT2D eigenvalue weighted by atomic mass is 9.93. The second kappa shape index (κ2) is 8.38. The molecule has 1 N–H and O–H groups in total. The summed E-state index contributed by atoms with van der Waals surface area (Å²) in [7, 11) is 0. The summed E-state index contributed by atoms with van der Waals surface area (Å²) in [6.07, 6.45) is 6.26. The molecule has 0 fully saturated rings. The van der Waals surface area contributed by atoms with Crippen molar-refractivity contribution in [2.24, 2.45) is 0 Å². The Labute approximate surface area is 163 Å². The van der Waals surface area contributed by atoms with Crippen molar-refractivity contribution in [3.8, 4) is 0 Å². The summed E-state index contributed by atoms with van der Waals surface area (Å²) in [4.78, 5) is 20.9. The zero-order valence-corrected chi connectivity index (χ0v) is 17.3. The Kier molecular flexibility index (Phi) is 6.19. The van der Waals surface area contributed by atoms with Crippen LogP contribution in [0.4, 0.5) is 0 Å². The number of fused-ring (bicyclic) bond motifs is 1. The fraction of sp³-hybridized carbons (Fsp3) is 0.333. The number of esters is 1. The quantitative estimate of drug-likeness (QED) is 0.506. The predicted molar refractivity (Wildman–Crippen MR) is 108 cm³/mol. The maximum absolute atomic E-state index is 12.2. The van der Waals surface area contributed by atoms with Gasteiger partial charge in [0.1, 0.15) is 0 Å². The van der Waals surface area contributed by atoms with E-state index in [1.165, 1.54) is 5.56 Å². The second-order valence-corrected chi connectivity index (χ2v) is 8.80. The number of thiazole rings is 1. The van der Waals surface area contributed by atoms with E-state index in [0.29, 0.717) is 13.0 Å². The third kappa shape index (κ3) is 4.10. The van der Waals surface area contributed by atoms with E-state index in [9.17, 15) is 4.79 Å². The first kappa shape index (κ1) is 18.5. The zero-order valence-electron chi connectivity index (χ0n) is 14.0. The molecule has 7 heteroatoms. The number of thioether (sulfide) groups is 1. The van der Waals surface area contributed by atoms with Crippen LogP contribution >= 0.6 is 39.0 Å². The molecule has 0 saturated carbocycles. The molecule has 0 amide bonds. The van der Waals surface area contributed by atoms with Gasteiger partial charge in [0.15, 0.2) is 3.92 Å². The van der Waals surface area contributed by atoms with E-state index in [2.05, 4.69) is 50.4 Å². The van der Waals surface area contributed by atoms with Crippen LogP contribution in [0.2, 0.25) is 0 Å². The van der Waals surface area contributed by atoms with Gasteiger partial charge in [0.25, 0.3) is 0 Å². The SMILES string of the molecule is CCOC(=O)CC(c1cnc(Br)s1)c1c[nH]c2c(CSC)cccc12. The van der Waals surface area contributed by atoms with Crippen LogP contribution in [0.3, 0.4) is 0 Å². The van der Waals surface area contributed by atoms with Crippen molar-refractivity contribution in [3.63, 3.8) is 0 Å². The minimum Gasteiger partial charge on any atom is -0.466 e. The predicted octanol–water partition coefficient (Wildman–Crippen LogP) is 5.34. The highest BCUT2D eigenvalue weighted by molar-refractivity contribution is 9.11. The van der Waals surface area contributed by atoms with Crippen molar-refractivity contribution in [3.05, 3.63) is 50.5 Å². The Morgan fingerprint density at radius 2 is 2.32 bits per heavy atom. The molecule has 1 atom stereocenters. The molecular formula is C18H19BrN2O2S2. The average molecular weight is 439 g/mol. The Morgan fingerprint density at radius 1 is 1.48 bits per heavy atom. The Hall–Kier alpha value is -1.31. The standard InChI is InChI=1S/C18H19BrN2O2S2/c1-3-23-16(22)7-13(15-9-21-18(19)25-15)14-8-20-17-11(10-24-2)5-4-6-12(14)17/h4-6,8-9,13,20H,3,7,10H2,1-2H3. The average Bonchev–Trinajstić information content (AvgIpc) is 3.20. The monoisotopic (exact) mass is 438 g/mol. The van der Waals surface area contributed by atoms with Gasteiger partial charge in [-0.15, -0.1) is 11.3 Å². The molecule has 3 aromatic rings. The summed E-state index contributed by atoms with van der Waals surface area (Å²) in [5.41, 5.74) is 3.53. The van der Waals surface area contributed by atoms with E-state index in [1.54, 1.807) is 23.1 Å². The van der Waals surface area contributed by atoms with Gasteiger partial charge in [0.05, 0.1) is 13.0 Å². The van der Waals surface area contributed by atoms with E-state index < -0.39 is 0 Å². The molecular weight excluding hydrogens is 420 g/mol. The third-order valence-electron chi connectivity index (χ3n) is 4.02. The van der Waals surface area contributed by atoms with E-state index in [-0.39, 0.29) is 11.9 Å². The number of nitrogens with one attached hydrogen (secondary N) is 1. The van der Waals surface area contributed by atoms with Gasteiger partial charge >= 0.3 is 5.97 Å². The van der Waals surface area contributed by atoms with Crippen molar-refractivity contribution in [1.29, 1.82) is 0 Å². The van der Waals surface area contributed by atoms with Crippen molar-refractivity contribution >= 4 is 55.9 Å². The molecule has 0 spiro atoms. The highest BCUT2D eigenvalue weighted by atomic mass is 79.9. The normalized spacial score (nSPS) is 12.4. The van der Waals surface area contributed by atoms with Gasteiger partial charge < -0.3 is 9.72 Å². The molecule has 2 heterocycles. The van der Waals surface area contributed by atoms with E-state index in [0.717, 1.165) is 31.0 Å². The molecule has 3 rings (SSSR count). The third-order valence-corrected chi connectivity index (χ3v) is 6.21. The topological polar surface area (TPSA) is 55.0 Å². The van der Waals surface area contributed by atoms with Crippen LogP contribution in [0.15, 0.2) is 34.5 Å². The van der Waals surface area contributed by atoms with Gasteiger partial charge in [-0.05, 0) is 40.2 Å². The zero-order chi connectivity index (χ0) is 17.8. The molecule has 0 aliphatic carbocycles. The molecule has 0 saturated heterocycles. The molecule has 132 valence electrons. The van der Waals surface area contributed by atoms with E-state index in [1.807, 2.05) is 19.3 Å². The van der Waals surface area contributed by atoms with Crippen LogP contribution < -0.4 is 0 Å². The van der Waals surface area contributed by atoms with E-state index in [4.69, 9.17) is 4.74 Å². The minimum absolute atomic E-state index is 0.0684. The van der Waals surface area contributed by atoms with Crippen molar-refractivity contribution in [1.82, 2.24) is 9.97 Å². The van der Waals surface area contributed by atoms with Gasteiger partial charge in [0.2, 0.25) is 0 Å². The molecule has 1 unspecified atom stereocenters. The Bertz CT molecular complexity index is 875. The van der Waals surface area contributed by atoms with Gasteiger partial charge in [0, 0.05) is 39.8 Å². The highest BCUT2D eigenvalue weighted by Crippen LogP contribution is 2.38. The number of carbonyl (C=O) groups excluding carboxylic acids is 1. The maximum Gasteiger partial charge on any atom is 0.306 e. The summed E-state index contributed by atoms with van der Waals surface area (Å²) >= 11 is 6.78. The van der Waals surface area contributed by atoms with Crippen LogP contribution in [0, 0.1) is 0 Å². The molecule has 0 aliphatic rings. The van der Waals surface area contributed by atoms with Crippen LogP contribution in [0.25, 0.3) is 10.9 Å². The first-order valence-electron chi connectivity index (χ1n) is 7.98. The molecule has 25 heavy (non-hydrogen) atoms. The first-order chi connectivity index (χ1) is 12.1. The molecule has 4 nitrogen and oxygen atoms in total. The van der Waals surface area contributed by atoms with Crippen LogP contribution in [-0.2, 0) is 15.3 Å². The first-order valence-corrected chi connectivity index (χ1v) is 11.0. The maximum atomic E-state index is 12.2. The largest absolute Gasteiger partial charge is 0.466 e. The fourth-order valence-corrected chi connectivity index (χ4v) is 4.95. The molecule has 0 aliphatic heterocycles. The summed E-state index contributed by atoms with van der Waals surface area (Å²) < 4.78 is 6.01. The minimum atomic E-state index is -0.188. The fourth-order valence-electron chi connectivity index (χ4n) is 2.98. The number of rotatable bonds is 7. The molecule has 0 bridgehead atoms. The Balaban J connectivity index is 2.05. The number of halogens is 1. The number of carbonyl (C=O) groups is 1. The summed E-state index contributed by atoms with van der Waals surface area (Å²) in [6, 6.07) is 6.33. The highest BCUT2D eigenvalue weighted by Gasteiger charge is 2.24. The van der Waals surface area contributed by atoms with Crippen molar-refractivity contribution < 1.29 is 9.53 Å². The summed E-state index contributed by atoms with van der Waals surface area (Å²) in [6.45, 7) is 2.22. The van der Waals surface area contributed by atoms with E-state index >= 15 is 0 Å². The number of hydrogen-bond acceptors (Lipinski definition) is 5. The van der Waals surface area contributed by atoms with Crippen molar-refractivity contribution in [2.45, 2.75) is 25.0 Å². The van der Waals surface area contributed by atoms with Gasteiger partial charge in [-0.2, -0.15) is 11.8 Å². The molecule has 0 radical (unpaired) electrons. The number of para-hydroxylation sites is 1. The smallest absolute Gasteiger partial charge is 0.306 e. The number of benzene rings is 1. The van der Waals surface area contributed by atoms with Gasteiger partial charge in [-0.3, -0.25) is 4.79 Å². The second-order valence-electron chi connectivity index (χ2n) is 5.59. The molecule has 2 aromatic heterocycles. The lowest BCUT2D eigenvalue weighted by Crippen LogP contribution is -2.10.